The first-order valence-corrected chi connectivity index (χ1v) is 9.51. The third-order valence-corrected chi connectivity index (χ3v) is 7.98. The first-order valence-electron chi connectivity index (χ1n) is 9.51. The molecule has 4 rings (SSSR count). The summed E-state index contributed by atoms with van der Waals surface area (Å²) >= 11 is 0. The van der Waals surface area contributed by atoms with Crippen LogP contribution < -0.4 is 0 Å². The van der Waals surface area contributed by atoms with Crippen LogP contribution in [0.25, 0.3) is 0 Å². The summed E-state index contributed by atoms with van der Waals surface area (Å²) in [6.45, 7) is 4.36. The molecular formula is C21H28O4. The van der Waals surface area contributed by atoms with Gasteiger partial charge in [0.25, 0.3) is 0 Å². The molecule has 3 fully saturated rings. The zero-order valence-electron chi connectivity index (χ0n) is 15.3. The highest BCUT2D eigenvalue weighted by Crippen LogP contribution is 2.66. The van der Waals surface area contributed by atoms with Gasteiger partial charge in [0.15, 0.2) is 5.78 Å². The fourth-order valence-corrected chi connectivity index (χ4v) is 6.86. The molecule has 0 aromatic heterocycles. The minimum Gasteiger partial charge on any atom is -0.469 e. The molecule has 3 saturated carbocycles. The second kappa shape index (κ2) is 5.54. The Morgan fingerprint density at radius 3 is 2.76 bits per heavy atom. The van der Waals surface area contributed by atoms with Crippen LogP contribution in [-0.4, -0.2) is 30.1 Å². The van der Waals surface area contributed by atoms with Crippen LogP contribution >= 0.6 is 0 Å². The molecule has 4 aliphatic carbocycles. The Bertz CT molecular complexity index is 677. The number of esters is 1. The largest absolute Gasteiger partial charge is 0.469 e. The van der Waals surface area contributed by atoms with E-state index >= 15 is 0 Å². The highest BCUT2D eigenvalue weighted by atomic mass is 16.5. The standard InChI is InChI=1S/C21H28O4/c1-20-9-8-13(22)10-12(20)4-5-14-15-6-7-16(19(24)25-3)21(15,2)11-17(23)18(14)20/h8-10,14-18,23H,4-7,11H2,1-3H3/t14?,15?,16-,17?,18?,20+,21?/m1/s1. The molecule has 1 N–H and O–H groups in total. The number of methoxy groups -OCH3 is 1. The molecule has 4 aliphatic rings. The number of aliphatic hydroxyl groups excluding tert-OH is 1. The van der Waals surface area contributed by atoms with E-state index in [9.17, 15) is 14.7 Å². The van der Waals surface area contributed by atoms with Gasteiger partial charge in [-0.3, -0.25) is 9.59 Å². The van der Waals surface area contributed by atoms with E-state index < -0.39 is 6.10 Å². The van der Waals surface area contributed by atoms with Gasteiger partial charge >= 0.3 is 5.97 Å². The fraction of sp³-hybridized carbons (Fsp3) is 0.714. The minimum absolute atomic E-state index is 0.0627. The lowest BCUT2D eigenvalue weighted by Gasteiger charge is -2.58. The Hall–Kier alpha value is -1.42. The second-order valence-electron chi connectivity index (χ2n) is 8.95. The molecule has 0 saturated heterocycles. The van der Waals surface area contributed by atoms with Crippen molar-refractivity contribution in [3.8, 4) is 0 Å². The van der Waals surface area contributed by atoms with Crippen LogP contribution in [0.5, 0.6) is 0 Å². The third-order valence-electron chi connectivity index (χ3n) is 7.98. The molecule has 7 atom stereocenters. The zero-order valence-corrected chi connectivity index (χ0v) is 15.3. The van der Waals surface area contributed by atoms with Gasteiger partial charge in [-0.2, -0.15) is 0 Å². The molecule has 0 amide bonds. The number of rotatable bonds is 1. The maximum Gasteiger partial charge on any atom is 0.309 e. The molecular weight excluding hydrogens is 316 g/mol. The van der Waals surface area contributed by atoms with Crippen LogP contribution in [0.3, 0.4) is 0 Å². The van der Waals surface area contributed by atoms with Crippen molar-refractivity contribution < 1.29 is 19.4 Å². The summed E-state index contributed by atoms with van der Waals surface area (Å²) in [7, 11) is 1.46. The van der Waals surface area contributed by atoms with Crippen LogP contribution in [0.15, 0.2) is 23.8 Å². The smallest absolute Gasteiger partial charge is 0.309 e. The maximum atomic E-state index is 12.3. The lowest BCUT2D eigenvalue weighted by atomic mass is 9.47. The van der Waals surface area contributed by atoms with E-state index in [0.29, 0.717) is 18.3 Å². The summed E-state index contributed by atoms with van der Waals surface area (Å²) in [5.41, 5.74) is 0.756. The van der Waals surface area contributed by atoms with E-state index in [1.54, 1.807) is 12.2 Å². The number of ether oxygens (including phenoxy) is 1. The molecule has 0 aromatic carbocycles. The van der Waals surface area contributed by atoms with Crippen molar-refractivity contribution in [2.75, 3.05) is 7.11 Å². The Balaban J connectivity index is 1.71. The first kappa shape index (κ1) is 17.0. The van der Waals surface area contributed by atoms with Gasteiger partial charge in [-0.15, -0.1) is 0 Å². The van der Waals surface area contributed by atoms with Crippen molar-refractivity contribution in [2.24, 2.45) is 34.5 Å². The molecule has 0 bridgehead atoms. The van der Waals surface area contributed by atoms with Gasteiger partial charge in [0, 0.05) is 11.3 Å². The summed E-state index contributed by atoms with van der Waals surface area (Å²) in [6.07, 6.45) is 9.46. The average molecular weight is 344 g/mol. The summed E-state index contributed by atoms with van der Waals surface area (Å²) in [4.78, 5) is 24.1. The Kier molecular flexibility index (Phi) is 3.77. The van der Waals surface area contributed by atoms with Gasteiger partial charge in [-0.1, -0.05) is 25.5 Å². The molecule has 0 aromatic rings. The summed E-state index contributed by atoms with van der Waals surface area (Å²) in [6, 6.07) is 0. The quantitative estimate of drug-likeness (QED) is 0.743. The van der Waals surface area contributed by atoms with Gasteiger partial charge in [-0.25, -0.2) is 0 Å². The first-order chi connectivity index (χ1) is 11.8. The van der Waals surface area contributed by atoms with Crippen molar-refractivity contribution in [3.05, 3.63) is 23.8 Å². The van der Waals surface area contributed by atoms with Gasteiger partial charge in [0.1, 0.15) is 0 Å². The lowest BCUT2D eigenvalue weighted by Crippen LogP contribution is -2.56. The number of fused-ring (bicyclic) bond motifs is 5. The van der Waals surface area contributed by atoms with E-state index in [0.717, 1.165) is 25.7 Å². The van der Waals surface area contributed by atoms with Crippen molar-refractivity contribution in [3.63, 3.8) is 0 Å². The van der Waals surface area contributed by atoms with E-state index in [1.807, 2.05) is 6.08 Å². The molecule has 136 valence electrons. The van der Waals surface area contributed by atoms with Gasteiger partial charge in [0.05, 0.1) is 19.1 Å². The van der Waals surface area contributed by atoms with E-state index in [-0.39, 0.29) is 34.4 Å². The van der Waals surface area contributed by atoms with Crippen molar-refractivity contribution in [2.45, 2.75) is 52.1 Å². The van der Waals surface area contributed by atoms with Crippen molar-refractivity contribution in [1.29, 1.82) is 0 Å². The topological polar surface area (TPSA) is 63.6 Å². The van der Waals surface area contributed by atoms with Crippen LogP contribution in [0, 0.1) is 34.5 Å². The fourth-order valence-electron chi connectivity index (χ4n) is 6.86. The predicted octanol–water partition coefficient (Wildman–Crippen LogP) is 3.05. The molecule has 0 radical (unpaired) electrons. The van der Waals surface area contributed by atoms with Crippen LogP contribution in [0.1, 0.15) is 46.0 Å². The van der Waals surface area contributed by atoms with E-state index in [2.05, 4.69) is 13.8 Å². The number of ketones is 1. The third kappa shape index (κ3) is 2.22. The predicted molar refractivity (Wildman–Crippen MR) is 93.5 cm³/mol. The Labute approximate surface area is 149 Å². The Morgan fingerprint density at radius 2 is 2.04 bits per heavy atom. The highest BCUT2D eigenvalue weighted by molar-refractivity contribution is 6.01. The monoisotopic (exact) mass is 344 g/mol. The summed E-state index contributed by atoms with van der Waals surface area (Å²) in [5, 5.41) is 11.2. The number of allylic oxidation sites excluding steroid dienone is 4. The molecule has 25 heavy (non-hydrogen) atoms. The second-order valence-corrected chi connectivity index (χ2v) is 8.95. The van der Waals surface area contributed by atoms with Gasteiger partial charge in [0.2, 0.25) is 0 Å². The highest BCUT2D eigenvalue weighted by Gasteiger charge is 2.62. The zero-order chi connectivity index (χ0) is 18.0. The number of aliphatic hydroxyl groups is 1. The molecule has 0 spiro atoms. The van der Waals surface area contributed by atoms with Crippen molar-refractivity contribution >= 4 is 11.8 Å². The molecule has 5 unspecified atom stereocenters. The SMILES string of the molecule is COC(=O)[C@H]1CCC2C3CCC4=CC(=O)C=C[C@]4(C)C3C(O)CC21C. The van der Waals surface area contributed by atoms with Crippen LogP contribution in [0.4, 0.5) is 0 Å². The molecule has 0 aliphatic heterocycles. The number of carbonyl (C=O) groups is 2. The number of hydrogen-bond donors (Lipinski definition) is 1. The van der Waals surface area contributed by atoms with E-state index in [1.165, 1.54) is 12.7 Å². The van der Waals surface area contributed by atoms with E-state index in [4.69, 9.17) is 4.74 Å². The summed E-state index contributed by atoms with van der Waals surface area (Å²) < 4.78 is 5.06. The van der Waals surface area contributed by atoms with Crippen LogP contribution in [0.2, 0.25) is 0 Å². The minimum atomic E-state index is -0.456. The number of carbonyl (C=O) groups excluding carboxylic acids is 2. The van der Waals surface area contributed by atoms with Crippen molar-refractivity contribution in [1.82, 2.24) is 0 Å². The molecule has 0 heterocycles. The van der Waals surface area contributed by atoms with Crippen LogP contribution in [-0.2, 0) is 14.3 Å². The lowest BCUT2D eigenvalue weighted by molar-refractivity contribution is -0.158. The normalized spacial score (nSPS) is 48.2. The van der Waals surface area contributed by atoms with Gasteiger partial charge < -0.3 is 9.84 Å². The average Bonchev–Trinajstić information content (AvgIpc) is 2.91. The number of hydrogen-bond acceptors (Lipinski definition) is 4. The molecule has 4 nitrogen and oxygen atoms in total. The molecule has 4 heteroatoms. The van der Waals surface area contributed by atoms with Gasteiger partial charge in [-0.05, 0) is 61.5 Å². The summed E-state index contributed by atoms with van der Waals surface area (Å²) in [5.74, 6) is 0.796. The maximum absolute atomic E-state index is 12.3. The Morgan fingerprint density at radius 1 is 1.28 bits per heavy atom.